The van der Waals surface area contributed by atoms with Gasteiger partial charge >= 0.3 is 5.97 Å². The Morgan fingerprint density at radius 1 is 0.953 bits per heavy atom. The number of rotatable bonds is 10. The molecule has 4 aromatic rings. The molecule has 1 fully saturated rings. The first kappa shape index (κ1) is 29.8. The van der Waals surface area contributed by atoms with Gasteiger partial charge in [-0.25, -0.2) is 9.79 Å². The molecule has 5 rings (SSSR count). The van der Waals surface area contributed by atoms with Crippen LogP contribution in [0, 0.1) is 0 Å². The molecule has 0 aliphatic carbocycles. The van der Waals surface area contributed by atoms with Crippen molar-refractivity contribution in [2.24, 2.45) is 4.99 Å². The van der Waals surface area contributed by atoms with E-state index in [1.165, 1.54) is 31.0 Å². The number of amidine groups is 1. The lowest BCUT2D eigenvalue weighted by atomic mass is 10.1. The third kappa shape index (κ3) is 7.20. The van der Waals surface area contributed by atoms with E-state index in [-0.39, 0.29) is 18.0 Å². The summed E-state index contributed by atoms with van der Waals surface area (Å²) < 4.78 is 16.8. The number of aromatic carboxylic acids is 1. The molecule has 0 atom stereocenters. The van der Waals surface area contributed by atoms with Gasteiger partial charge < -0.3 is 19.3 Å². The zero-order valence-electron chi connectivity index (χ0n) is 23.3. The molecule has 0 spiro atoms. The molecule has 43 heavy (non-hydrogen) atoms. The van der Waals surface area contributed by atoms with Gasteiger partial charge in [-0.3, -0.25) is 9.69 Å². The second kappa shape index (κ2) is 13.5. The number of aliphatic imine (C=N–C) groups is 1. The second-order valence-electron chi connectivity index (χ2n) is 9.40. The number of carbonyl (C=O) groups excluding carboxylic acids is 1. The Balaban J connectivity index is 1.45. The average Bonchev–Trinajstić information content (AvgIpc) is 3.30. The molecule has 1 saturated heterocycles. The molecule has 0 radical (unpaired) electrons. The van der Waals surface area contributed by atoms with Gasteiger partial charge in [-0.15, -0.1) is 0 Å². The summed E-state index contributed by atoms with van der Waals surface area (Å²) in [7, 11) is 3.12. The Bertz CT molecular complexity index is 1690. The first-order chi connectivity index (χ1) is 20.8. The predicted octanol–water partition coefficient (Wildman–Crippen LogP) is 7.44. The Labute approximate surface area is 258 Å². The topological polar surface area (TPSA) is 97.7 Å². The number of carbonyl (C=O) groups is 2. The number of ether oxygens (including phenoxy) is 3. The molecule has 0 bridgehead atoms. The van der Waals surface area contributed by atoms with E-state index in [2.05, 4.69) is 0 Å². The van der Waals surface area contributed by atoms with Gasteiger partial charge in [0.1, 0.15) is 12.4 Å². The van der Waals surface area contributed by atoms with Gasteiger partial charge in [-0.05, 0) is 83.1 Å². The van der Waals surface area contributed by atoms with Crippen molar-refractivity contribution in [3.05, 3.63) is 123 Å². The first-order valence-electron chi connectivity index (χ1n) is 13.1. The number of methoxy groups -OCH3 is 2. The van der Waals surface area contributed by atoms with Crippen molar-refractivity contribution < 1.29 is 28.9 Å². The number of benzene rings is 4. The van der Waals surface area contributed by atoms with Gasteiger partial charge in [-0.1, -0.05) is 54.1 Å². The van der Waals surface area contributed by atoms with E-state index >= 15 is 0 Å². The van der Waals surface area contributed by atoms with Crippen molar-refractivity contribution in [2.75, 3.05) is 14.2 Å². The van der Waals surface area contributed by atoms with Crippen LogP contribution >= 0.6 is 23.4 Å². The largest absolute Gasteiger partial charge is 0.497 e. The molecule has 218 valence electrons. The lowest BCUT2D eigenvalue weighted by Gasteiger charge is -2.16. The summed E-state index contributed by atoms with van der Waals surface area (Å²) in [6.45, 7) is 0.522. The lowest BCUT2D eigenvalue weighted by molar-refractivity contribution is -0.122. The number of thioether (sulfide) groups is 1. The van der Waals surface area contributed by atoms with E-state index in [0.29, 0.717) is 50.2 Å². The predicted molar refractivity (Wildman–Crippen MR) is 168 cm³/mol. The molecular weight excluding hydrogens is 588 g/mol. The van der Waals surface area contributed by atoms with E-state index in [1.54, 1.807) is 66.6 Å². The fourth-order valence-corrected chi connectivity index (χ4v) is 5.55. The van der Waals surface area contributed by atoms with Crippen molar-refractivity contribution in [2.45, 2.75) is 13.2 Å². The molecule has 0 aromatic heterocycles. The molecule has 4 aromatic carbocycles. The van der Waals surface area contributed by atoms with E-state index < -0.39 is 5.97 Å². The van der Waals surface area contributed by atoms with Gasteiger partial charge in [0.05, 0.1) is 41.9 Å². The Morgan fingerprint density at radius 2 is 1.67 bits per heavy atom. The van der Waals surface area contributed by atoms with E-state index in [0.717, 1.165) is 11.1 Å². The molecule has 1 aliphatic heterocycles. The summed E-state index contributed by atoms with van der Waals surface area (Å²) in [6, 6.07) is 26.8. The third-order valence-corrected chi connectivity index (χ3v) is 7.79. The summed E-state index contributed by atoms with van der Waals surface area (Å²) in [5.74, 6) is 0.273. The molecule has 1 amide bonds. The summed E-state index contributed by atoms with van der Waals surface area (Å²) in [5, 5.41) is 10.1. The van der Waals surface area contributed by atoms with Crippen molar-refractivity contribution in [1.29, 1.82) is 0 Å². The van der Waals surface area contributed by atoms with Gasteiger partial charge in [0.15, 0.2) is 16.7 Å². The highest BCUT2D eigenvalue weighted by molar-refractivity contribution is 8.18. The van der Waals surface area contributed by atoms with Crippen molar-refractivity contribution in [3.8, 4) is 17.2 Å². The van der Waals surface area contributed by atoms with Gasteiger partial charge in [0.25, 0.3) is 5.91 Å². The summed E-state index contributed by atoms with van der Waals surface area (Å²) in [6.07, 6.45) is 1.74. The number of hydrogen-bond acceptors (Lipinski definition) is 7. The third-order valence-electron chi connectivity index (χ3n) is 6.50. The van der Waals surface area contributed by atoms with Crippen LogP contribution < -0.4 is 14.2 Å². The van der Waals surface area contributed by atoms with Crippen LogP contribution in [0.1, 0.15) is 27.0 Å². The number of carboxylic acids is 1. The maximum absolute atomic E-state index is 13.7. The van der Waals surface area contributed by atoms with Gasteiger partial charge in [0, 0.05) is 0 Å². The number of hydrogen-bond donors (Lipinski definition) is 1. The minimum atomic E-state index is -1.02. The zero-order valence-corrected chi connectivity index (χ0v) is 24.9. The highest BCUT2D eigenvalue weighted by Crippen LogP contribution is 2.40. The number of nitrogens with zero attached hydrogens (tertiary/aromatic N) is 2. The SMILES string of the molecule is COc1ccc(N=C2S/C(=C\c3cc(Cl)c(OCc4ccccc4)c(OC)c3)C(=O)N2Cc2ccc(C(=O)O)cc2)cc1. The number of amides is 1. The highest BCUT2D eigenvalue weighted by atomic mass is 35.5. The number of halogens is 1. The lowest BCUT2D eigenvalue weighted by Crippen LogP contribution is -2.28. The Kier molecular flexibility index (Phi) is 9.34. The summed E-state index contributed by atoms with van der Waals surface area (Å²) >= 11 is 7.85. The second-order valence-corrected chi connectivity index (χ2v) is 10.8. The van der Waals surface area contributed by atoms with Crippen LogP contribution in [-0.4, -0.2) is 41.3 Å². The van der Waals surface area contributed by atoms with Crippen molar-refractivity contribution >= 4 is 52.2 Å². The quantitative estimate of drug-likeness (QED) is 0.185. The van der Waals surface area contributed by atoms with Crippen LogP contribution in [-0.2, 0) is 17.9 Å². The fourth-order valence-electron chi connectivity index (χ4n) is 4.28. The van der Waals surface area contributed by atoms with E-state index in [1.807, 2.05) is 30.3 Å². The van der Waals surface area contributed by atoms with Crippen molar-refractivity contribution in [1.82, 2.24) is 4.90 Å². The molecule has 8 nitrogen and oxygen atoms in total. The van der Waals surface area contributed by atoms with Gasteiger partial charge in [0.2, 0.25) is 0 Å². The first-order valence-corrected chi connectivity index (χ1v) is 14.3. The molecule has 10 heteroatoms. The minimum Gasteiger partial charge on any atom is -0.497 e. The molecule has 1 aliphatic rings. The minimum absolute atomic E-state index is 0.167. The van der Waals surface area contributed by atoms with Crippen LogP contribution in [0.3, 0.4) is 0 Å². The van der Waals surface area contributed by atoms with Crippen LogP contribution in [0.2, 0.25) is 5.02 Å². The highest BCUT2D eigenvalue weighted by Gasteiger charge is 2.33. The Hall–Kier alpha value is -4.73. The van der Waals surface area contributed by atoms with E-state index in [4.69, 9.17) is 30.8 Å². The smallest absolute Gasteiger partial charge is 0.335 e. The average molecular weight is 615 g/mol. The standard InChI is InChI=1S/C33H27ClN2O6S/c1-40-26-14-12-25(13-15-26)35-33-36(19-21-8-10-24(11-9-21)32(38)39)31(37)29(43-33)18-23-16-27(34)30(28(17-23)41-2)42-20-22-6-4-3-5-7-22/h3-18H,19-20H2,1-2H3,(H,38,39)/b29-18-,35-33?. The maximum Gasteiger partial charge on any atom is 0.335 e. The van der Waals surface area contributed by atoms with Crippen LogP contribution in [0.5, 0.6) is 17.2 Å². The van der Waals surface area contributed by atoms with Crippen LogP contribution in [0.4, 0.5) is 5.69 Å². The fraction of sp³-hybridized carbons (Fsp3) is 0.121. The summed E-state index contributed by atoms with van der Waals surface area (Å²) in [5.41, 5.74) is 3.21. The van der Waals surface area contributed by atoms with Crippen LogP contribution in [0.25, 0.3) is 6.08 Å². The van der Waals surface area contributed by atoms with Crippen LogP contribution in [0.15, 0.2) is 101 Å². The normalized spacial score (nSPS) is 14.8. The number of carboxylic acid groups (broad SMARTS) is 1. The molecule has 1 heterocycles. The molecule has 1 N–H and O–H groups in total. The van der Waals surface area contributed by atoms with Crippen molar-refractivity contribution in [3.63, 3.8) is 0 Å². The molecule has 0 unspecified atom stereocenters. The zero-order chi connectivity index (χ0) is 30.3. The monoisotopic (exact) mass is 614 g/mol. The Morgan fingerprint density at radius 3 is 2.33 bits per heavy atom. The maximum atomic E-state index is 13.7. The molecule has 0 saturated carbocycles. The van der Waals surface area contributed by atoms with E-state index in [9.17, 15) is 14.7 Å². The molecular formula is C33H27ClN2O6S. The van der Waals surface area contributed by atoms with Gasteiger partial charge in [-0.2, -0.15) is 0 Å². The summed E-state index contributed by atoms with van der Waals surface area (Å²) in [4.78, 5) is 31.7.